The molecule has 1 aromatic rings. The molecule has 0 spiro atoms. The Hall–Kier alpha value is -0.500. The van der Waals surface area contributed by atoms with Crippen molar-refractivity contribution in [2.75, 3.05) is 6.54 Å². The van der Waals surface area contributed by atoms with Gasteiger partial charge in [0, 0.05) is 18.5 Å². The van der Waals surface area contributed by atoms with Crippen LogP contribution >= 0.6 is 27.5 Å². The average Bonchev–Trinajstić information content (AvgIpc) is 2.44. The van der Waals surface area contributed by atoms with Gasteiger partial charge in [0.25, 0.3) is 0 Å². The lowest BCUT2D eigenvalue weighted by atomic mass is 10.1. The molecule has 0 saturated carbocycles. The van der Waals surface area contributed by atoms with Crippen molar-refractivity contribution in [1.82, 2.24) is 5.32 Å². The quantitative estimate of drug-likeness (QED) is 0.576. The van der Waals surface area contributed by atoms with Crippen LogP contribution in [0.5, 0.6) is 0 Å². The lowest BCUT2D eigenvalue weighted by Crippen LogP contribution is -2.25. The van der Waals surface area contributed by atoms with Crippen LogP contribution in [0.25, 0.3) is 0 Å². The summed E-state index contributed by atoms with van der Waals surface area (Å²) in [7, 11) is 0. The van der Waals surface area contributed by atoms with Crippen LogP contribution < -0.4 is 5.32 Å². The number of nitrogens with one attached hydrogen (secondary N) is 1. The van der Waals surface area contributed by atoms with E-state index in [1.807, 2.05) is 6.07 Å². The zero-order chi connectivity index (χ0) is 9.42. The van der Waals surface area contributed by atoms with Gasteiger partial charge < -0.3 is 4.42 Å². The van der Waals surface area contributed by atoms with E-state index < -0.39 is 0 Å². The first-order valence-corrected chi connectivity index (χ1v) is 5.05. The molecular weight excluding hydrogens is 255 g/mol. The number of rotatable bonds is 0. The molecule has 13 heavy (non-hydrogen) atoms. The zero-order valence-electron chi connectivity index (χ0n) is 6.60. The van der Waals surface area contributed by atoms with E-state index in [1.165, 1.54) is 0 Å². The third kappa shape index (κ3) is 1.37. The van der Waals surface area contributed by atoms with Gasteiger partial charge in [0.1, 0.15) is 17.3 Å². The maximum absolute atomic E-state index is 8.72. The van der Waals surface area contributed by atoms with E-state index in [0.29, 0.717) is 10.2 Å². The molecule has 0 bridgehead atoms. The molecule has 0 saturated heterocycles. The number of hydrogen-bond acceptors (Lipinski definition) is 3. The molecule has 2 rings (SSSR count). The molecule has 1 aliphatic heterocycles. The summed E-state index contributed by atoms with van der Waals surface area (Å²) in [5.41, 5.74) is 0.605. The summed E-state index contributed by atoms with van der Waals surface area (Å²) < 4.78 is 6.00. The van der Waals surface area contributed by atoms with Crippen molar-refractivity contribution in [1.29, 1.82) is 5.26 Å². The molecule has 1 unspecified atom stereocenters. The third-order valence-electron chi connectivity index (χ3n) is 1.99. The van der Waals surface area contributed by atoms with Crippen molar-refractivity contribution in [2.45, 2.75) is 11.9 Å². The zero-order valence-corrected chi connectivity index (χ0v) is 8.94. The fourth-order valence-electron chi connectivity index (χ4n) is 1.39. The minimum Gasteiger partial charge on any atom is -0.449 e. The van der Waals surface area contributed by atoms with Gasteiger partial charge in [-0.15, -0.1) is 11.6 Å². The Balaban J connectivity index is 2.57. The van der Waals surface area contributed by atoms with Gasteiger partial charge in [-0.1, -0.05) is 0 Å². The van der Waals surface area contributed by atoms with Gasteiger partial charge in [0.05, 0.1) is 4.47 Å². The highest BCUT2D eigenvalue weighted by molar-refractivity contribution is 9.10. The predicted octanol–water partition coefficient (Wildman–Crippen LogP) is 2.30. The number of nitriles is 1. The number of furan rings is 1. The maximum atomic E-state index is 8.72. The van der Waals surface area contributed by atoms with Gasteiger partial charge in [0.15, 0.2) is 0 Å². The van der Waals surface area contributed by atoms with Crippen LogP contribution in [0.15, 0.2) is 8.89 Å². The topological polar surface area (TPSA) is 49.0 Å². The Bertz CT molecular complexity index is 382. The molecule has 5 heteroatoms. The minimum absolute atomic E-state index is 0.260. The minimum atomic E-state index is -0.260. The molecule has 68 valence electrons. The summed E-state index contributed by atoms with van der Waals surface area (Å²) in [5.74, 6) is 1.11. The second-order valence-corrected chi connectivity index (χ2v) is 3.99. The molecule has 2 heterocycles. The van der Waals surface area contributed by atoms with Gasteiger partial charge in [-0.25, -0.2) is 0 Å². The fourth-order valence-corrected chi connectivity index (χ4v) is 2.48. The largest absolute Gasteiger partial charge is 0.449 e. The van der Waals surface area contributed by atoms with Crippen molar-refractivity contribution in [2.24, 2.45) is 0 Å². The Labute approximate surface area is 88.8 Å². The van der Waals surface area contributed by atoms with Gasteiger partial charge >= 0.3 is 0 Å². The van der Waals surface area contributed by atoms with Crippen LogP contribution in [0.4, 0.5) is 0 Å². The molecule has 0 aromatic carbocycles. The van der Waals surface area contributed by atoms with E-state index in [1.54, 1.807) is 0 Å². The Morgan fingerprint density at radius 1 is 1.69 bits per heavy atom. The second kappa shape index (κ2) is 3.33. The second-order valence-electron chi connectivity index (χ2n) is 2.76. The Kier molecular flexibility index (Phi) is 2.33. The van der Waals surface area contributed by atoms with Crippen molar-refractivity contribution in [3.63, 3.8) is 0 Å². The average molecular weight is 262 g/mol. The van der Waals surface area contributed by atoms with Crippen LogP contribution in [-0.2, 0) is 6.42 Å². The number of hydrogen-bond donors (Lipinski definition) is 1. The van der Waals surface area contributed by atoms with Crippen LogP contribution in [0, 0.1) is 11.3 Å². The molecule has 0 fully saturated rings. The van der Waals surface area contributed by atoms with Gasteiger partial charge in [-0.05, 0) is 15.9 Å². The summed E-state index contributed by atoms with van der Waals surface area (Å²) in [6, 6.07) is 1.97. The summed E-state index contributed by atoms with van der Waals surface area (Å²) in [5, 5.41) is 11.8. The maximum Gasteiger partial charge on any atom is 0.218 e. The van der Waals surface area contributed by atoms with Crippen LogP contribution in [0.3, 0.4) is 0 Å². The van der Waals surface area contributed by atoms with Gasteiger partial charge in [-0.2, -0.15) is 5.26 Å². The molecule has 3 nitrogen and oxygen atoms in total. The van der Waals surface area contributed by atoms with E-state index in [9.17, 15) is 0 Å². The molecule has 0 amide bonds. The molecule has 0 radical (unpaired) electrons. The SMILES string of the molecule is N#Cc1oc2c(c1Br)C(Cl)NCC2. The van der Waals surface area contributed by atoms with Crippen LogP contribution in [-0.4, -0.2) is 6.54 Å². The van der Waals surface area contributed by atoms with Gasteiger partial charge in [0.2, 0.25) is 5.76 Å². The fraction of sp³-hybridized carbons (Fsp3) is 0.375. The smallest absolute Gasteiger partial charge is 0.218 e. The first kappa shape index (κ1) is 9.07. The Morgan fingerprint density at radius 2 is 2.46 bits per heavy atom. The van der Waals surface area contributed by atoms with E-state index in [-0.39, 0.29) is 5.50 Å². The number of nitrogens with zero attached hydrogens (tertiary/aromatic N) is 1. The van der Waals surface area contributed by atoms with E-state index in [2.05, 4.69) is 21.2 Å². The normalized spacial score (nSPS) is 20.8. The lowest BCUT2D eigenvalue weighted by Gasteiger charge is -2.17. The summed E-state index contributed by atoms with van der Waals surface area (Å²) in [6.07, 6.45) is 0.777. The summed E-state index contributed by atoms with van der Waals surface area (Å²) >= 11 is 9.31. The third-order valence-corrected chi connectivity index (χ3v) is 3.15. The van der Waals surface area contributed by atoms with Crippen LogP contribution in [0.1, 0.15) is 22.6 Å². The molecule has 1 aliphatic rings. The van der Waals surface area contributed by atoms with E-state index >= 15 is 0 Å². The Morgan fingerprint density at radius 3 is 3.08 bits per heavy atom. The number of alkyl halides is 1. The highest BCUT2D eigenvalue weighted by Crippen LogP contribution is 2.36. The summed E-state index contributed by atoms with van der Waals surface area (Å²) in [6.45, 7) is 0.784. The molecule has 1 atom stereocenters. The van der Waals surface area contributed by atoms with Crippen molar-refractivity contribution < 1.29 is 4.42 Å². The first-order chi connectivity index (χ1) is 6.24. The van der Waals surface area contributed by atoms with Gasteiger partial charge in [-0.3, -0.25) is 5.32 Å². The van der Waals surface area contributed by atoms with Crippen LogP contribution in [0.2, 0.25) is 0 Å². The lowest BCUT2D eigenvalue weighted by molar-refractivity contribution is 0.462. The molecule has 1 N–H and O–H groups in total. The first-order valence-electron chi connectivity index (χ1n) is 3.82. The predicted molar refractivity (Wildman–Crippen MR) is 51.4 cm³/mol. The number of halogens is 2. The van der Waals surface area contributed by atoms with E-state index in [0.717, 1.165) is 24.3 Å². The van der Waals surface area contributed by atoms with Crippen molar-refractivity contribution >= 4 is 27.5 Å². The molecular formula is C8H6BrClN2O. The highest BCUT2D eigenvalue weighted by atomic mass is 79.9. The summed E-state index contributed by atoms with van der Waals surface area (Å²) in [4.78, 5) is 0. The number of fused-ring (bicyclic) bond motifs is 1. The molecule has 1 aromatic heterocycles. The highest BCUT2D eigenvalue weighted by Gasteiger charge is 2.26. The standard InChI is InChI=1S/C8H6BrClN2O/c9-7-5(3-11)13-4-1-2-12-8(10)6(4)7/h8,12H,1-2H2. The van der Waals surface area contributed by atoms with E-state index in [4.69, 9.17) is 21.3 Å². The van der Waals surface area contributed by atoms with Crippen molar-refractivity contribution in [3.05, 3.63) is 21.6 Å². The monoisotopic (exact) mass is 260 g/mol. The molecule has 0 aliphatic carbocycles. The van der Waals surface area contributed by atoms with Crippen molar-refractivity contribution in [3.8, 4) is 6.07 Å².